The summed E-state index contributed by atoms with van der Waals surface area (Å²) in [6.07, 6.45) is 0. The standard InChI is InChI=1S/C7H5ClO7S2.2ClH/c8-7(9)4-1-5(16(10,11)12)3-6(2-4)17(13,14)15;;/h1-3H,(H,10,11,12)(H,13,14,15);2*1H. The van der Waals surface area contributed by atoms with Crippen molar-refractivity contribution in [1.82, 2.24) is 0 Å². The third kappa shape index (κ3) is 5.61. The van der Waals surface area contributed by atoms with Gasteiger partial charge in [-0.3, -0.25) is 13.9 Å². The van der Waals surface area contributed by atoms with Gasteiger partial charge in [0.2, 0.25) is 0 Å². The first-order valence-corrected chi connectivity index (χ1v) is 7.07. The van der Waals surface area contributed by atoms with Gasteiger partial charge in [0.15, 0.2) is 0 Å². The van der Waals surface area contributed by atoms with Crippen LogP contribution in [0.3, 0.4) is 0 Å². The SMILES string of the molecule is Cl.Cl.O=C(Cl)c1cc(S(=O)(=O)O)cc(S(=O)(=O)O)c1. The predicted molar refractivity (Wildman–Crippen MR) is 70.8 cm³/mol. The molecule has 0 fully saturated rings. The lowest BCUT2D eigenvalue weighted by Gasteiger charge is -2.03. The van der Waals surface area contributed by atoms with Crippen molar-refractivity contribution in [3.05, 3.63) is 23.8 Å². The van der Waals surface area contributed by atoms with Gasteiger partial charge in [0, 0.05) is 5.56 Å². The molecule has 0 aromatic heterocycles. The molecule has 0 aliphatic heterocycles. The van der Waals surface area contributed by atoms with Gasteiger partial charge in [0.1, 0.15) is 0 Å². The molecule has 12 heteroatoms. The van der Waals surface area contributed by atoms with Crippen molar-refractivity contribution in [1.29, 1.82) is 0 Å². The number of carbonyl (C=O) groups excluding carboxylic acids is 1. The molecule has 0 saturated carbocycles. The molecule has 7 nitrogen and oxygen atoms in total. The second-order valence-electron chi connectivity index (χ2n) is 2.92. The Kier molecular flexibility index (Phi) is 7.52. The molecule has 1 aromatic rings. The van der Waals surface area contributed by atoms with Crippen LogP contribution in [0.25, 0.3) is 0 Å². The number of hydrogen-bond donors (Lipinski definition) is 2. The molecule has 0 saturated heterocycles. The minimum absolute atomic E-state index is 0. The summed E-state index contributed by atoms with van der Waals surface area (Å²) in [5.41, 5.74) is -0.491. The molecule has 0 aliphatic carbocycles. The lowest BCUT2D eigenvalue weighted by molar-refractivity contribution is 0.108. The fourth-order valence-electron chi connectivity index (χ4n) is 0.983. The molecule has 1 aromatic carbocycles. The lowest BCUT2D eigenvalue weighted by atomic mass is 10.2. The van der Waals surface area contributed by atoms with Crippen LogP contribution in [0, 0.1) is 0 Å². The van der Waals surface area contributed by atoms with Crippen molar-refractivity contribution in [2.75, 3.05) is 0 Å². The Morgan fingerprint density at radius 3 is 1.42 bits per heavy atom. The molecule has 0 unspecified atom stereocenters. The fraction of sp³-hybridized carbons (Fsp3) is 0. The van der Waals surface area contributed by atoms with Crippen LogP contribution in [0.5, 0.6) is 0 Å². The zero-order valence-corrected chi connectivity index (χ0v) is 12.7. The van der Waals surface area contributed by atoms with Crippen LogP contribution in [-0.4, -0.2) is 31.2 Å². The minimum Gasteiger partial charge on any atom is -0.282 e. The van der Waals surface area contributed by atoms with Crippen LogP contribution in [0.2, 0.25) is 0 Å². The summed E-state index contributed by atoms with van der Waals surface area (Å²) in [5.74, 6) is 0. The molecule has 0 heterocycles. The van der Waals surface area contributed by atoms with E-state index in [1.807, 2.05) is 0 Å². The van der Waals surface area contributed by atoms with Crippen LogP contribution in [-0.2, 0) is 20.2 Å². The van der Waals surface area contributed by atoms with E-state index in [-0.39, 0.29) is 24.8 Å². The average molecular weight is 374 g/mol. The number of carbonyl (C=O) groups is 1. The Balaban J connectivity index is 0. The number of hydrogen-bond acceptors (Lipinski definition) is 5. The van der Waals surface area contributed by atoms with Gasteiger partial charge in [-0.25, -0.2) is 0 Å². The summed E-state index contributed by atoms with van der Waals surface area (Å²) < 4.78 is 60.7. The zero-order chi connectivity index (χ0) is 13.4. The maximum Gasteiger partial charge on any atom is 0.294 e. The van der Waals surface area contributed by atoms with Crippen molar-refractivity contribution in [2.45, 2.75) is 9.79 Å². The van der Waals surface area contributed by atoms with Crippen LogP contribution in [0.1, 0.15) is 10.4 Å². The third-order valence-electron chi connectivity index (χ3n) is 1.70. The van der Waals surface area contributed by atoms with Gasteiger partial charge in [0.25, 0.3) is 25.5 Å². The summed E-state index contributed by atoms with van der Waals surface area (Å²) in [7, 11) is -9.46. The molecule has 0 bridgehead atoms. The molecule has 0 radical (unpaired) electrons. The van der Waals surface area contributed by atoms with Crippen LogP contribution in [0.4, 0.5) is 0 Å². The molecule has 1 rings (SSSR count). The van der Waals surface area contributed by atoms with E-state index in [9.17, 15) is 21.6 Å². The fourth-order valence-corrected chi connectivity index (χ4v) is 2.27. The molecule has 0 amide bonds. The van der Waals surface area contributed by atoms with Gasteiger partial charge in [-0.05, 0) is 29.8 Å². The second kappa shape index (κ2) is 6.84. The largest absolute Gasteiger partial charge is 0.294 e. The van der Waals surface area contributed by atoms with Crippen LogP contribution < -0.4 is 0 Å². The summed E-state index contributed by atoms with van der Waals surface area (Å²) in [4.78, 5) is 9.09. The van der Waals surface area contributed by atoms with E-state index in [1.165, 1.54) is 0 Å². The van der Waals surface area contributed by atoms with E-state index in [1.54, 1.807) is 0 Å². The van der Waals surface area contributed by atoms with Crippen molar-refractivity contribution in [2.24, 2.45) is 0 Å². The Morgan fingerprint density at radius 1 is 0.895 bits per heavy atom. The highest BCUT2D eigenvalue weighted by Gasteiger charge is 2.19. The maximum atomic E-state index is 10.8. The first-order valence-electron chi connectivity index (χ1n) is 3.82. The molecule has 0 aliphatic rings. The van der Waals surface area contributed by atoms with Crippen molar-refractivity contribution in [3.8, 4) is 0 Å². The van der Waals surface area contributed by atoms with E-state index in [0.29, 0.717) is 18.2 Å². The third-order valence-corrected chi connectivity index (χ3v) is 3.58. The van der Waals surface area contributed by atoms with Crippen LogP contribution >= 0.6 is 36.4 Å². The topological polar surface area (TPSA) is 126 Å². The van der Waals surface area contributed by atoms with Gasteiger partial charge >= 0.3 is 0 Å². The maximum absolute atomic E-state index is 10.8. The molecule has 110 valence electrons. The first-order chi connectivity index (χ1) is 7.51. The minimum atomic E-state index is -4.73. The summed E-state index contributed by atoms with van der Waals surface area (Å²) in [5, 5.41) is -1.14. The molecular formula is C7H7Cl3O7S2. The number of halogens is 3. The van der Waals surface area contributed by atoms with Crippen molar-refractivity contribution < 1.29 is 30.7 Å². The van der Waals surface area contributed by atoms with Gasteiger partial charge in [-0.15, -0.1) is 24.8 Å². The van der Waals surface area contributed by atoms with E-state index in [2.05, 4.69) is 0 Å². The molecule has 0 spiro atoms. The number of benzene rings is 1. The van der Waals surface area contributed by atoms with Gasteiger partial charge in [-0.2, -0.15) is 16.8 Å². The van der Waals surface area contributed by atoms with E-state index >= 15 is 0 Å². The highest BCUT2D eigenvalue weighted by Crippen LogP contribution is 2.20. The normalized spacial score (nSPS) is 11.1. The van der Waals surface area contributed by atoms with Crippen molar-refractivity contribution in [3.63, 3.8) is 0 Å². The van der Waals surface area contributed by atoms with E-state index in [4.69, 9.17) is 20.7 Å². The quantitative estimate of drug-likeness (QED) is 0.605. The Bertz CT molecular complexity index is 630. The van der Waals surface area contributed by atoms with Gasteiger partial charge in [-0.1, -0.05) is 0 Å². The van der Waals surface area contributed by atoms with E-state index in [0.717, 1.165) is 0 Å². The predicted octanol–water partition coefficient (Wildman–Crippen LogP) is 1.40. The zero-order valence-electron chi connectivity index (χ0n) is 8.68. The van der Waals surface area contributed by atoms with Crippen molar-refractivity contribution >= 4 is 61.9 Å². The summed E-state index contributed by atoms with van der Waals surface area (Å²) in [6.45, 7) is 0. The summed E-state index contributed by atoms with van der Waals surface area (Å²) in [6, 6.07) is 1.85. The average Bonchev–Trinajstić information content (AvgIpc) is 2.14. The number of rotatable bonds is 3. The van der Waals surface area contributed by atoms with Crippen LogP contribution in [0.15, 0.2) is 28.0 Å². The second-order valence-corrected chi connectivity index (χ2v) is 6.10. The van der Waals surface area contributed by atoms with Gasteiger partial charge in [0.05, 0.1) is 9.79 Å². The van der Waals surface area contributed by atoms with Gasteiger partial charge < -0.3 is 0 Å². The first kappa shape index (κ1) is 20.9. The van der Waals surface area contributed by atoms with E-state index < -0.39 is 40.8 Å². The lowest BCUT2D eigenvalue weighted by Crippen LogP contribution is -2.06. The molecule has 19 heavy (non-hydrogen) atoms. The Labute approximate surface area is 126 Å². The molecule has 0 atom stereocenters. The smallest absolute Gasteiger partial charge is 0.282 e. The molecular weight excluding hydrogens is 367 g/mol. The Hall–Kier alpha value is -0.420. The Morgan fingerprint density at radius 2 is 1.21 bits per heavy atom. The highest BCUT2D eigenvalue weighted by molar-refractivity contribution is 7.86. The molecule has 2 N–H and O–H groups in total. The monoisotopic (exact) mass is 372 g/mol. The highest BCUT2D eigenvalue weighted by atomic mass is 35.5. The summed E-state index contributed by atoms with van der Waals surface area (Å²) >= 11 is 5.06.